The second-order valence-electron chi connectivity index (χ2n) is 7.68. The number of para-hydroxylation sites is 2. The maximum atomic E-state index is 5.99. The maximum absolute atomic E-state index is 5.99. The lowest BCUT2D eigenvalue weighted by molar-refractivity contribution is 0.167. The van der Waals surface area contributed by atoms with E-state index in [4.69, 9.17) is 13.9 Å². The van der Waals surface area contributed by atoms with Crippen molar-refractivity contribution in [3.63, 3.8) is 0 Å². The predicted octanol–water partition coefficient (Wildman–Crippen LogP) is 4.38. The van der Waals surface area contributed by atoms with Gasteiger partial charge in [-0.15, -0.1) is 0 Å². The van der Waals surface area contributed by atoms with Gasteiger partial charge in [0.1, 0.15) is 5.52 Å². The largest absolute Gasteiger partial charge is 0.440 e. The predicted molar refractivity (Wildman–Crippen MR) is 109 cm³/mol. The molecule has 0 radical (unpaired) electrons. The highest BCUT2D eigenvalue weighted by atomic mass is 16.5. The maximum Gasteiger partial charge on any atom is 0.240 e. The Morgan fingerprint density at radius 1 is 0.966 bits per heavy atom. The third-order valence-electron chi connectivity index (χ3n) is 5.51. The van der Waals surface area contributed by atoms with E-state index in [1.165, 1.54) is 5.56 Å². The summed E-state index contributed by atoms with van der Waals surface area (Å²) < 4.78 is 11.5. The summed E-state index contributed by atoms with van der Waals surface area (Å²) in [6.07, 6.45) is 3.91. The first-order valence-electron chi connectivity index (χ1n) is 10.3. The molecule has 3 heterocycles. The van der Waals surface area contributed by atoms with Crippen molar-refractivity contribution in [1.29, 1.82) is 0 Å². The van der Waals surface area contributed by atoms with Gasteiger partial charge < -0.3 is 8.94 Å². The number of aromatic nitrogens is 3. The molecule has 2 aromatic heterocycles. The smallest absolute Gasteiger partial charge is 0.240 e. The summed E-state index contributed by atoms with van der Waals surface area (Å²) in [7, 11) is 0. The molecule has 0 amide bonds. The molecule has 0 N–H and O–H groups in total. The summed E-state index contributed by atoms with van der Waals surface area (Å²) in [5.41, 5.74) is 3.08. The fourth-order valence-corrected chi connectivity index (χ4v) is 4.01. The molecule has 148 valence electrons. The topological polar surface area (TPSA) is 68.2 Å². The monoisotopic (exact) mass is 388 g/mol. The van der Waals surface area contributed by atoms with Gasteiger partial charge in [0.15, 0.2) is 17.3 Å². The van der Waals surface area contributed by atoms with Crippen LogP contribution in [0.4, 0.5) is 0 Å². The fraction of sp³-hybridized carbons (Fsp3) is 0.348. The molecule has 4 aromatic rings. The summed E-state index contributed by atoms with van der Waals surface area (Å²) in [6.45, 7) is 2.60. The van der Waals surface area contributed by atoms with Crippen molar-refractivity contribution in [3.05, 3.63) is 77.8 Å². The second kappa shape index (κ2) is 8.17. The van der Waals surface area contributed by atoms with Gasteiger partial charge in [-0.1, -0.05) is 47.6 Å². The molecule has 1 saturated heterocycles. The van der Waals surface area contributed by atoms with E-state index in [0.717, 1.165) is 61.6 Å². The van der Waals surface area contributed by atoms with Crippen LogP contribution in [0.15, 0.2) is 63.5 Å². The zero-order valence-corrected chi connectivity index (χ0v) is 16.3. The molecule has 1 aliphatic heterocycles. The van der Waals surface area contributed by atoms with Crippen LogP contribution in [-0.4, -0.2) is 33.1 Å². The van der Waals surface area contributed by atoms with E-state index in [-0.39, 0.29) is 0 Å². The zero-order valence-electron chi connectivity index (χ0n) is 16.3. The molecule has 0 bridgehead atoms. The van der Waals surface area contributed by atoms with Crippen molar-refractivity contribution >= 4 is 11.1 Å². The summed E-state index contributed by atoms with van der Waals surface area (Å²) >= 11 is 0. The summed E-state index contributed by atoms with van der Waals surface area (Å²) in [6, 6.07) is 18.3. The summed E-state index contributed by atoms with van der Waals surface area (Å²) in [4.78, 5) is 11.6. The SMILES string of the molecule is c1ccc(CCc2noc(CN3CCCC(c4nc5ccccc5o4)C3)n2)cc1. The lowest BCUT2D eigenvalue weighted by Gasteiger charge is -2.29. The molecule has 6 nitrogen and oxygen atoms in total. The molecule has 1 aliphatic rings. The van der Waals surface area contributed by atoms with Crippen LogP contribution in [0.5, 0.6) is 0 Å². The minimum atomic E-state index is 0.302. The van der Waals surface area contributed by atoms with Crippen molar-refractivity contribution in [1.82, 2.24) is 20.0 Å². The zero-order chi connectivity index (χ0) is 19.5. The molecule has 1 unspecified atom stereocenters. The number of oxazole rings is 1. The molecule has 0 spiro atoms. The number of benzene rings is 2. The van der Waals surface area contributed by atoms with Gasteiger partial charge in [-0.3, -0.25) is 4.90 Å². The Balaban J connectivity index is 1.20. The number of hydrogen-bond acceptors (Lipinski definition) is 6. The van der Waals surface area contributed by atoms with Crippen LogP contribution in [-0.2, 0) is 19.4 Å². The lowest BCUT2D eigenvalue weighted by atomic mass is 9.98. The van der Waals surface area contributed by atoms with Gasteiger partial charge in [0.05, 0.1) is 6.54 Å². The molecule has 29 heavy (non-hydrogen) atoms. The number of likely N-dealkylation sites (tertiary alicyclic amines) is 1. The average molecular weight is 388 g/mol. The van der Waals surface area contributed by atoms with Crippen molar-refractivity contribution in [2.45, 2.75) is 38.1 Å². The number of aryl methyl sites for hydroxylation is 2. The van der Waals surface area contributed by atoms with Gasteiger partial charge in [0, 0.05) is 18.9 Å². The van der Waals surface area contributed by atoms with Gasteiger partial charge >= 0.3 is 0 Å². The number of fused-ring (bicyclic) bond motifs is 1. The van der Waals surface area contributed by atoms with E-state index in [1.54, 1.807) is 0 Å². The van der Waals surface area contributed by atoms with Gasteiger partial charge in [-0.2, -0.15) is 4.98 Å². The van der Waals surface area contributed by atoms with Crippen molar-refractivity contribution in [3.8, 4) is 0 Å². The molecule has 0 aliphatic carbocycles. The van der Waals surface area contributed by atoms with Gasteiger partial charge in [0.25, 0.3) is 0 Å². The molecular weight excluding hydrogens is 364 g/mol. The van der Waals surface area contributed by atoms with Crippen LogP contribution in [0, 0.1) is 0 Å². The third kappa shape index (κ3) is 4.22. The van der Waals surface area contributed by atoms with E-state index >= 15 is 0 Å². The van der Waals surface area contributed by atoms with Crippen molar-refractivity contribution < 1.29 is 8.94 Å². The van der Waals surface area contributed by atoms with Crippen LogP contribution in [0.25, 0.3) is 11.1 Å². The molecule has 0 saturated carbocycles. The highest BCUT2D eigenvalue weighted by Crippen LogP contribution is 2.29. The van der Waals surface area contributed by atoms with Gasteiger partial charge in [-0.05, 0) is 43.5 Å². The van der Waals surface area contributed by atoms with E-state index in [0.29, 0.717) is 18.4 Å². The lowest BCUT2D eigenvalue weighted by Crippen LogP contribution is -2.34. The summed E-state index contributed by atoms with van der Waals surface area (Å²) in [5, 5.41) is 4.16. The Morgan fingerprint density at radius 2 is 1.83 bits per heavy atom. The van der Waals surface area contributed by atoms with E-state index in [2.05, 4.69) is 39.3 Å². The van der Waals surface area contributed by atoms with Gasteiger partial charge in [0.2, 0.25) is 5.89 Å². The Labute approximate surface area is 169 Å². The highest BCUT2D eigenvalue weighted by molar-refractivity contribution is 5.72. The van der Waals surface area contributed by atoms with E-state index in [9.17, 15) is 0 Å². The Kier molecular flexibility index (Phi) is 5.09. The molecule has 2 aromatic carbocycles. The highest BCUT2D eigenvalue weighted by Gasteiger charge is 2.26. The first-order valence-corrected chi connectivity index (χ1v) is 10.3. The van der Waals surface area contributed by atoms with E-state index < -0.39 is 0 Å². The number of nitrogens with zero attached hydrogens (tertiary/aromatic N) is 4. The standard InChI is InChI=1S/C23H24N4O2/c1-2-7-17(8-3-1)12-13-21-25-22(29-26-21)16-27-14-6-9-18(15-27)23-24-19-10-4-5-11-20(19)28-23/h1-5,7-8,10-11,18H,6,9,12-16H2. The normalized spacial score (nSPS) is 17.7. The Bertz CT molecular complexity index is 1040. The Morgan fingerprint density at radius 3 is 2.72 bits per heavy atom. The van der Waals surface area contributed by atoms with Crippen LogP contribution in [0.3, 0.4) is 0 Å². The average Bonchev–Trinajstić information content (AvgIpc) is 3.40. The first-order chi connectivity index (χ1) is 14.3. The number of piperidine rings is 1. The van der Waals surface area contributed by atoms with Crippen LogP contribution in [0.1, 0.15) is 41.9 Å². The van der Waals surface area contributed by atoms with Gasteiger partial charge in [-0.25, -0.2) is 4.98 Å². The molecule has 5 rings (SSSR count). The third-order valence-corrected chi connectivity index (χ3v) is 5.51. The Hall–Kier alpha value is -2.99. The number of rotatable bonds is 6. The van der Waals surface area contributed by atoms with E-state index in [1.807, 2.05) is 30.3 Å². The quantitative estimate of drug-likeness (QED) is 0.488. The number of hydrogen-bond donors (Lipinski definition) is 0. The van der Waals surface area contributed by atoms with Crippen LogP contribution < -0.4 is 0 Å². The minimum Gasteiger partial charge on any atom is -0.440 e. The minimum absolute atomic E-state index is 0.302. The molecule has 1 atom stereocenters. The summed E-state index contributed by atoms with van der Waals surface area (Å²) in [5.74, 6) is 2.60. The molecular formula is C23H24N4O2. The van der Waals surface area contributed by atoms with Crippen LogP contribution >= 0.6 is 0 Å². The second-order valence-corrected chi connectivity index (χ2v) is 7.68. The van der Waals surface area contributed by atoms with Crippen LogP contribution in [0.2, 0.25) is 0 Å². The van der Waals surface area contributed by atoms with Crippen molar-refractivity contribution in [2.24, 2.45) is 0 Å². The molecule has 1 fully saturated rings. The fourth-order valence-electron chi connectivity index (χ4n) is 4.01. The molecule has 6 heteroatoms. The van der Waals surface area contributed by atoms with Crippen molar-refractivity contribution in [2.75, 3.05) is 13.1 Å². The first kappa shape index (κ1) is 18.1.